The summed E-state index contributed by atoms with van der Waals surface area (Å²) in [7, 11) is -4.40. The normalized spacial score (nSPS) is 23.0. The van der Waals surface area contributed by atoms with Gasteiger partial charge in [0, 0.05) is 19.1 Å². The van der Waals surface area contributed by atoms with Crippen LogP contribution in [0.5, 0.6) is 0 Å². The minimum absolute atomic E-state index is 0.0532. The molecule has 1 fully saturated rings. The molecule has 1 aromatic carbocycles. The molecule has 1 saturated heterocycles. The average Bonchev–Trinajstić information content (AvgIpc) is 2.37. The van der Waals surface area contributed by atoms with Crippen LogP contribution in [0.15, 0.2) is 23.1 Å². The summed E-state index contributed by atoms with van der Waals surface area (Å²) in [5.41, 5.74) is 0. The van der Waals surface area contributed by atoms with Crippen molar-refractivity contribution in [3.05, 3.63) is 29.8 Å². The van der Waals surface area contributed by atoms with Crippen LogP contribution in [0.4, 0.5) is 8.78 Å². The van der Waals surface area contributed by atoms with Crippen LogP contribution in [0.2, 0.25) is 0 Å². The maximum atomic E-state index is 13.5. The van der Waals surface area contributed by atoms with Gasteiger partial charge in [0.05, 0.1) is 5.92 Å². The molecule has 0 radical (unpaired) electrons. The number of carbonyl (C=O) groups is 1. The van der Waals surface area contributed by atoms with Crippen molar-refractivity contribution in [1.82, 2.24) is 10.0 Å². The highest BCUT2D eigenvalue weighted by Gasteiger charge is 2.32. The first-order chi connectivity index (χ1) is 9.81. The predicted octanol–water partition coefficient (Wildman–Crippen LogP) is 0.306. The number of nitrogens with one attached hydrogen (secondary N) is 2. The number of piperidine rings is 1. The van der Waals surface area contributed by atoms with Gasteiger partial charge in [-0.3, -0.25) is 4.79 Å². The van der Waals surface area contributed by atoms with Gasteiger partial charge in [0.2, 0.25) is 10.0 Å². The largest absolute Gasteiger partial charge is 0.481 e. The number of hydrogen-bond donors (Lipinski definition) is 3. The summed E-state index contributed by atoms with van der Waals surface area (Å²) in [5, 5.41) is 11.7. The molecule has 116 valence electrons. The first kappa shape index (κ1) is 15.8. The molecule has 9 heteroatoms. The van der Waals surface area contributed by atoms with Crippen molar-refractivity contribution in [1.29, 1.82) is 0 Å². The lowest BCUT2D eigenvalue weighted by molar-refractivity contribution is -0.142. The Labute approximate surface area is 120 Å². The van der Waals surface area contributed by atoms with Crippen LogP contribution in [0, 0.1) is 17.6 Å². The van der Waals surface area contributed by atoms with E-state index in [9.17, 15) is 22.0 Å². The Morgan fingerprint density at radius 2 is 1.90 bits per heavy atom. The van der Waals surface area contributed by atoms with E-state index in [0.717, 1.165) is 18.2 Å². The molecule has 1 heterocycles. The van der Waals surface area contributed by atoms with Crippen molar-refractivity contribution in [2.45, 2.75) is 17.4 Å². The Morgan fingerprint density at radius 1 is 1.29 bits per heavy atom. The fourth-order valence-electron chi connectivity index (χ4n) is 2.24. The highest BCUT2D eigenvalue weighted by molar-refractivity contribution is 7.89. The van der Waals surface area contributed by atoms with E-state index in [4.69, 9.17) is 5.11 Å². The summed E-state index contributed by atoms with van der Waals surface area (Å²) in [6.07, 6.45) is 0.0532. The summed E-state index contributed by atoms with van der Waals surface area (Å²) in [4.78, 5) is 9.85. The molecule has 0 bridgehead atoms. The number of benzene rings is 1. The number of halogens is 2. The Bertz CT molecular complexity index is 630. The number of aliphatic carboxylic acids is 1. The van der Waals surface area contributed by atoms with Crippen molar-refractivity contribution in [3.63, 3.8) is 0 Å². The van der Waals surface area contributed by atoms with E-state index < -0.39 is 44.5 Å². The van der Waals surface area contributed by atoms with Gasteiger partial charge in [0.15, 0.2) is 4.90 Å². The summed E-state index contributed by atoms with van der Waals surface area (Å²) in [6.45, 7) is 0.417. The van der Waals surface area contributed by atoms with Gasteiger partial charge in [0.25, 0.3) is 0 Å². The SMILES string of the molecule is O=C(O)[C@@H]1CNC[C@H](NS(=O)(=O)c2c(F)cccc2F)C1. The van der Waals surface area contributed by atoms with E-state index in [1.165, 1.54) is 0 Å². The molecule has 1 aliphatic heterocycles. The molecule has 1 aromatic rings. The molecule has 1 aliphatic rings. The Balaban J connectivity index is 2.20. The molecule has 3 N–H and O–H groups in total. The van der Waals surface area contributed by atoms with Gasteiger partial charge in [-0.2, -0.15) is 0 Å². The third-order valence-corrected chi connectivity index (χ3v) is 4.78. The Morgan fingerprint density at radius 3 is 2.48 bits per heavy atom. The van der Waals surface area contributed by atoms with Crippen molar-refractivity contribution in [2.75, 3.05) is 13.1 Å². The Kier molecular flexibility index (Phi) is 4.55. The van der Waals surface area contributed by atoms with Crippen LogP contribution < -0.4 is 10.0 Å². The third kappa shape index (κ3) is 3.55. The molecule has 0 spiro atoms. The average molecular weight is 320 g/mol. The second-order valence-electron chi connectivity index (χ2n) is 4.80. The summed E-state index contributed by atoms with van der Waals surface area (Å²) >= 11 is 0. The van der Waals surface area contributed by atoms with Gasteiger partial charge < -0.3 is 10.4 Å². The van der Waals surface area contributed by atoms with Gasteiger partial charge >= 0.3 is 5.97 Å². The van der Waals surface area contributed by atoms with E-state index in [1.807, 2.05) is 0 Å². The number of carboxylic acids is 1. The van der Waals surface area contributed by atoms with E-state index >= 15 is 0 Å². The molecule has 0 saturated carbocycles. The molecule has 21 heavy (non-hydrogen) atoms. The standard InChI is InChI=1S/C12H14F2N2O4S/c13-9-2-1-3-10(14)11(9)21(19,20)16-8-4-7(12(17)18)5-15-6-8/h1-3,7-8,15-16H,4-6H2,(H,17,18)/t7-,8+/m0/s1. The molecule has 0 aliphatic carbocycles. The van der Waals surface area contributed by atoms with Crippen molar-refractivity contribution in [3.8, 4) is 0 Å². The lowest BCUT2D eigenvalue weighted by Gasteiger charge is -2.28. The topological polar surface area (TPSA) is 95.5 Å². The van der Waals surface area contributed by atoms with Crippen molar-refractivity contribution < 1.29 is 27.1 Å². The van der Waals surface area contributed by atoms with E-state index in [1.54, 1.807) is 0 Å². The second kappa shape index (κ2) is 6.04. The van der Waals surface area contributed by atoms with Gasteiger partial charge in [-0.1, -0.05) is 6.07 Å². The van der Waals surface area contributed by atoms with E-state index in [-0.39, 0.29) is 19.5 Å². The predicted molar refractivity (Wildman–Crippen MR) is 69.1 cm³/mol. The summed E-state index contributed by atoms with van der Waals surface area (Å²) in [6, 6.07) is 2.00. The van der Waals surface area contributed by atoms with Crippen molar-refractivity contribution >= 4 is 16.0 Å². The Hall–Kier alpha value is -1.58. The van der Waals surface area contributed by atoms with E-state index in [2.05, 4.69) is 10.0 Å². The molecule has 0 aromatic heterocycles. The van der Waals surface area contributed by atoms with Crippen LogP contribution in [0.3, 0.4) is 0 Å². The molecule has 6 nitrogen and oxygen atoms in total. The summed E-state index contributed by atoms with van der Waals surface area (Å²) in [5.74, 6) is -4.19. The maximum Gasteiger partial charge on any atom is 0.307 e. The van der Waals surface area contributed by atoms with Crippen LogP contribution in [-0.2, 0) is 14.8 Å². The molecular weight excluding hydrogens is 306 g/mol. The van der Waals surface area contributed by atoms with Crippen molar-refractivity contribution in [2.24, 2.45) is 5.92 Å². The van der Waals surface area contributed by atoms with E-state index in [0.29, 0.717) is 0 Å². The van der Waals surface area contributed by atoms with Gasteiger partial charge in [-0.15, -0.1) is 0 Å². The first-order valence-corrected chi connectivity index (χ1v) is 7.69. The van der Waals surface area contributed by atoms with Crippen LogP contribution in [-0.4, -0.2) is 38.6 Å². The highest BCUT2D eigenvalue weighted by atomic mass is 32.2. The fraction of sp³-hybridized carbons (Fsp3) is 0.417. The zero-order valence-corrected chi connectivity index (χ0v) is 11.7. The number of hydrogen-bond acceptors (Lipinski definition) is 4. The molecule has 0 unspecified atom stereocenters. The lowest BCUT2D eigenvalue weighted by atomic mass is 9.97. The number of sulfonamides is 1. The van der Waals surface area contributed by atoms with Crippen LogP contribution in [0.1, 0.15) is 6.42 Å². The second-order valence-corrected chi connectivity index (χ2v) is 6.45. The number of rotatable bonds is 4. The lowest BCUT2D eigenvalue weighted by Crippen LogP contribution is -2.50. The van der Waals surface area contributed by atoms with Crippen LogP contribution >= 0.6 is 0 Å². The molecule has 2 atom stereocenters. The molecular formula is C12H14F2N2O4S. The zero-order valence-electron chi connectivity index (χ0n) is 10.8. The highest BCUT2D eigenvalue weighted by Crippen LogP contribution is 2.20. The first-order valence-electron chi connectivity index (χ1n) is 6.21. The molecule has 2 rings (SSSR count). The minimum atomic E-state index is -4.40. The third-order valence-electron chi connectivity index (χ3n) is 3.21. The quantitative estimate of drug-likeness (QED) is 0.742. The smallest absolute Gasteiger partial charge is 0.307 e. The number of carboxylic acid groups (broad SMARTS) is 1. The fourth-order valence-corrected chi connectivity index (χ4v) is 3.62. The summed E-state index contributed by atoms with van der Waals surface area (Å²) < 4.78 is 53.3. The minimum Gasteiger partial charge on any atom is -0.481 e. The van der Waals surface area contributed by atoms with Crippen LogP contribution in [0.25, 0.3) is 0 Å². The maximum absolute atomic E-state index is 13.5. The monoisotopic (exact) mass is 320 g/mol. The van der Waals surface area contributed by atoms with Gasteiger partial charge in [0.1, 0.15) is 11.6 Å². The molecule has 0 amide bonds. The zero-order chi connectivity index (χ0) is 15.6. The van der Waals surface area contributed by atoms with Gasteiger partial charge in [-0.25, -0.2) is 21.9 Å². The van der Waals surface area contributed by atoms with Gasteiger partial charge in [-0.05, 0) is 18.6 Å².